The van der Waals surface area contributed by atoms with Gasteiger partial charge in [0.2, 0.25) is 10.0 Å². The number of aryl methyl sites for hydroxylation is 1. The Morgan fingerprint density at radius 1 is 1.47 bits per heavy atom. The van der Waals surface area contributed by atoms with Crippen LogP contribution in [0.15, 0.2) is 10.3 Å². The lowest BCUT2D eigenvalue weighted by Crippen LogP contribution is -2.47. The predicted molar refractivity (Wildman–Crippen MR) is 76.0 cm³/mol. The number of hydrogen-bond acceptors (Lipinski definition) is 5. The van der Waals surface area contributed by atoms with Crippen molar-refractivity contribution in [3.63, 3.8) is 0 Å². The molecule has 1 aliphatic carbocycles. The molecule has 2 N–H and O–H groups in total. The van der Waals surface area contributed by atoms with Crippen LogP contribution in [-0.2, 0) is 21.3 Å². The first-order chi connectivity index (χ1) is 8.97. The molecule has 2 rings (SSSR count). The smallest absolute Gasteiger partial charge is 0.242 e. The zero-order valence-electron chi connectivity index (χ0n) is 11.4. The lowest BCUT2D eigenvalue weighted by molar-refractivity contribution is 0.0236. The van der Waals surface area contributed by atoms with Gasteiger partial charge in [-0.1, -0.05) is 0 Å². The van der Waals surface area contributed by atoms with Gasteiger partial charge < -0.3 is 10.1 Å². The summed E-state index contributed by atoms with van der Waals surface area (Å²) in [5.41, 5.74) is 0.811. The number of thiophene rings is 1. The zero-order valence-corrected chi connectivity index (χ0v) is 13.0. The topological polar surface area (TPSA) is 67.4 Å². The lowest BCUT2D eigenvalue weighted by atomic mass is 9.90. The van der Waals surface area contributed by atoms with Gasteiger partial charge in [-0.25, -0.2) is 13.1 Å². The highest BCUT2D eigenvalue weighted by molar-refractivity contribution is 7.89. The van der Waals surface area contributed by atoms with Crippen LogP contribution in [-0.4, -0.2) is 34.7 Å². The maximum atomic E-state index is 12.4. The van der Waals surface area contributed by atoms with E-state index in [1.807, 2.05) is 19.4 Å². The lowest BCUT2D eigenvalue weighted by Gasteiger charge is -2.34. The summed E-state index contributed by atoms with van der Waals surface area (Å²) >= 11 is 1.48. The van der Waals surface area contributed by atoms with Crippen molar-refractivity contribution in [2.24, 2.45) is 0 Å². The van der Waals surface area contributed by atoms with Gasteiger partial charge in [0.15, 0.2) is 0 Å². The summed E-state index contributed by atoms with van der Waals surface area (Å²) in [6, 6.07) is -0.00307. The number of rotatable bonds is 6. The van der Waals surface area contributed by atoms with Gasteiger partial charge in [-0.3, -0.25) is 0 Å². The van der Waals surface area contributed by atoms with Crippen molar-refractivity contribution in [1.82, 2.24) is 10.0 Å². The Kier molecular flexibility index (Phi) is 4.62. The van der Waals surface area contributed by atoms with Crippen molar-refractivity contribution in [2.45, 2.75) is 43.4 Å². The molecule has 0 unspecified atom stereocenters. The Bertz CT molecular complexity index is 533. The quantitative estimate of drug-likeness (QED) is 0.829. The molecular weight excluding hydrogens is 284 g/mol. The molecule has 0 saturated heterocycles. The summed E-state index contributed by atoms with van der Waals surface area (Å²) in [5, 5.41) is 4.89. The molecule has 0 aromatic carbocycles. The van der Waals surface area contributed by atoms with Gasteiger partial charge in [0.05, 0.1) is 6.10 Å². The molecule has 0 radical (unpaired) electrons. The second kappa shape index (κ2) is 5.88. The first-order valence-corrected chi connectivity index (χ1v) is 8.61. The number of ether oxygens (including phenoxy) is 1. The summed E-state index contributed by atoms with van der Waals surface area (Å²) in [6.07, 6.45) is 1.69. The van der Waals surface area contributed by atoms with Gasteiger partial charge in [0.1, 0.15) is 4.90 Å². The normalized spacial score (nSPS) is 23.3. The Labute approximate surface area is 118 Å². The van der Waals surface area contributed by atoms with Crippen molar-refractivity contribution in [2.75, 3.05) is 14.2 Å². The van der Waals surface area contributed by atoms with E-state index in [1.54, 1.807) is 7.11 Å². The van der Waals surface area contributed by atoms with Crippen molar-refractivity contribution in [3.05, 3.63) is 15.8 Å². The van der Waals surface area contributed by atoms with Crippen LogP contribution >= 0.6 is 11.3 Å². The predicted octanol–water partition coefficient (Wildman–Crippen LogP) is 1.23. The second-order valence-electron chi connectivity index (χ2n) is 4.85. The summed E-state index contributed by atoms with van der Waals surface area (Å²) in [5.74, 6) is 0. The molecule has 1 heterocycles. The number of sulfonamides is 1. The van der Waals surface area contributed by atoms with E-state index in [0.717, 1.165) is 23.3 Å². The Morgan fingerprint density at radius 3 is 2.74 bits per heavy atom. The van der Waals surface area contributed by atoms with Crippen LogP contribution in [0, 0.1) is 6.92 Å². The fourth-order valence-electron chi connectivity index (χ4n) is 2.26. The monoisotopic (exact) mass is 304 g/mol. The Balaban J connectivity index is 2.13. The molecule has 1 fully saturated rings. The molecule has 5 nitrogen and oxygen atoms in total. The van der Waals surface area contributed by atoms with Gasteiger partial charge in [0, 0.05) is 24.6 Å². The average molecular weight is 304 g/mol. The van der Waals surface area contributed by atoms with Crippen LogP contribution in [0.1, 0.15) is 23.3 Å². The van der Waals surface area contributed by atoms with Crippen molar-refractivity contribution in [3.8, 4) is 0 Å². The second-order valence-corrected chi connectivity index (χ2v) is 7.46. The maximum absolute atomic E-state index is 12.4. The largest absolute Gasteiger partial charge is 0.381 e. The Morgan fingerprint density at radius 2 is 2.16 bits per heavy atom. The van der Waals surface area contributed by atoms with E-state index in [-0.39, 0.29) is 12.1 Å². The minimum Gasteiger partial charge on any atom is -0.381 e. The highest BCUT2D eigenvalue weighted by Crippen LogP contribution is 2.29. The molecule has 19 heavy (non-hydrogen) atoms. The molecule has 1 aromatic rings. The van der Waals surface area contributed by atoms with E-state index in [1.165, 1.54) is 11.3 Å². The third kappa shape index (κ3) is 3.17. The summed E-state index contributed by atoms with van der Waals surface area (Å²) in [4.78, 5) is 1.29. The van der Waals surface area contributed by atoms with Crippen molar-refractivity contribution < 1.29 is 13.2 Å². The van der Waals surface area contributed by atoms with E-state index in [9.17, 15) is 8.42 Å². The maximum Gasteiger partial charge on any atom is 0.242 e. The van der Waals surface area contributed by atoms with Gasteiger partial charge in [-0.2, -0.15) is 0 Å². The first-order valence-electron chi connectivity index (χ1n) is 6.24. The van der Waals surface area contributed by atoms with E-state index in [2.05, 4.69) is 10.0 Å². The number of nitrogens with one attached hydrogen (secondary N) is 2. The van der Waals surface area contributed by atoms with Crippen LogP contribution in [0.25, 0.3) is 0 Å². The van der Waals surface area contributed by atoms with Crippen LogP contribution in [0.4, 0.5) is 0 Å². The van der Waals surface area contributed by atoms with Gasteiger partial charge in [0.25, 0.3) is 0 Å². The first kappa shape index (κ1) is 14.9. The molecule has 1 saturated carbocycles. The van der Waals surface area contributed by atoms with Gasteiger partial charge >= 0.3 is 0 Å². The van der Waals surface area contributed by atoms with Crippen LogP contribution in [0.3, 0.4) is 0 Å². The molecule has 1 aliphatic rings. The van der Waals surface area contributed by atoms with Crippen molar-refractivity contribution in [1.29, 1.82) is 0 Å². The molecule has 1 aromatic heterocycles. The van der Waals surface area contributed by atoms with E-state index >= 15 is 0 Å². The fraction of sp³-hybridized carbons (Fsp3) is 0.667. The van der Waals surface area contributed by atoms with Crippen LogP contribution in [0.5, 0.6) is 0 Å². The molecule has 0 atom stereocenters. The standard InChI is InChI=1S/C12H20N2O3S2/c1-8-7-18-11(6-13-2)12(8)19(15,16)14-9-4-10(5-9)17-3/h7,9-10,13-14H,4-6H2,1-3H3. The number of methoxy groups -OCH3 is 1. The summed E-state index contributed by atoms with van der Waals surface area (Å²) in [7, 11) is 0.0423. The third-order valence-corrected chi connectivity index (χ3v) is 6.33. The number of hydrogen-bond donors (Lipinski definition) is 2. The minimum atomic E-state index is -3.43. The summed E-state index contributed by atoms with van der Waals surface area (Å²) < 4.78 is 32.8. The van der Waals surface area contributed by atoms with E-state index in [4.69, 9.17) is 4.74 Å². The molecule has 0 bridgehead atoms. The van der Waals surface area contributed by atoms with E-state index in [0.29, 0.717) is 11.4 Å². The van der Waals surface area contributed by atoms with Crippen LogP contribution < -0.4 is 10.0 Å². The zero-order chi connectivity index (χ0) is 14.0. The van der Waals surface area contributed by atoms with E-state index < -0.39 is 10.0 Å². The third-order valence-electron chi connectivity index (χ3n) is 3.35. The molecule has 7 heteroatoms. The molecule has 0 aliphatic heterocycles. The molecular formula is C12H20N2O3S2. The fourth-order valence-corrected chi connectivity index (χ4v) is 5.35. The SMILES string of the molecule is CNCc1scc(C)c1S(=O)(=O)NC1CC(OC)C1. The van der Waals surface area contributed by atoms with Gasteiger partial charge in [-0.15, -0.1) is 11.3 Å². The highest BCUT2D eigenvalue weighted by atomic mass is 32.2. The highest BCUT2D eigenvalue weighted by Gasteiger charge is 2.34. The van der Waals surface area contributed by atoms with Gasteiger partial charge in [-0.05, 0) is 37.8 Å². The summed E-state index contributed by atoms with van der Waals surface area (Å²) in [6.45, 7) is 2.41. The molecule has 0 amide bonds. The van der Waals surface area contributed by atoms with Crippen molar-refractivity contribution >= 4 is 21.4 Å². The van der Waals surface area contributed by atoms with Crippen LogP contribution in [0.2, 0.25) is 0 Å². The molecule has 0 spiro atoms. The average Bonchev–Trinajstić information content (AvgIpc) is 2.65. The molecule has 108 valence electrons. The Hall–Kier alpha value is -0.470. The minimum absolute atomic E-state index is 0.00307.